The van der Waals surface area contributed by atoms with E-state index < -0.39 is 5.97 Å². The number of rotatable bonds is 4. The summed E-state index contributed by atoms with van der Waals surface area (Å²) in [5.74, 6) is -1.25. The quantitative estimate of drug-likeness (QED) is 0.590. The second-order valence-corrected chi connectivity index (χ2v) is 6.39. The molecule has 1 aromatic carbocycles. The summed E-state index contributed by atoms with van der Waals surface area (Å²) < 4.78 is 5.97. The third-order valence-corrected chi connectivity index (χ3v) is 4.31. The minimum Gasteiger partial charge on any atom is -0.452 e. The molecule has 0 aromatic heterocycles. The van der Waals surface area contributed by atoms with Crippen molar-refractivity contribution in [3.63, 3.8) is 0 Å². The van der Waals surface area contributed by atoms with Crippen molar-refractivity contribution < 1.29 is 19.1 Å². The molecule has 2 amide bonds. The van der Waals surface area contributed by atoms with Crippen molar-refractivity contribution in [3.8, 4) is 0 Å². The maximum atomic E-state index is 12.0. The second-order valence-electron chi connectivity index (χ2n) is 5.14. The Hall–Kier alpha value is -1.64. The lowest BCUT2D eigenvalue weighted by atomic mass is 9.96. The Balaban J connectivity index is 1.81. The number of carbonyl (C=O) groups excluding carboxylic acids is 3. The normalized spacial score (nSPS) is 15.4. The molecular formula is C15H17IN2O4. The van der Waals surface area contributed by atoms with Crippen LogP contribution in [0.3, 0.4) is 0 Å². The first-order valence-corrected chi connectivity index (χ1v) is 8.05. The number of likely N-dealkylation sites (tertiary alicyclic amines) is 1. The minimum atomic E-state index is -0.515. The van der Waals surface area contributed by atoms with Gasteiger partial charge in [-0.2, -0.15) is 0 Å². The Bertz CT molecular complexity index is 583. The number of carbonyl (C=O) groups is 3. The Morgan fingerprint density at radius 2 is 1.95 bits per heavy atom. The van der Waals surface area contributed by atoms with E-state index in [-0.39, 0.29) is 24.3 Å². The molecule has 0 bridgehead atoms. The van der Waals surface area contributed by atoms with Crippen LogP contribution in [-0.2, 0) is 14.3 Å². The monoisotopic (exact) mass is 416 g/mol. The molecular weight excluding hydrogens is 399 g/mol. The standard InChI is InChI=1S/C15H17IN2O4/c16-12-3-1-2-11(8-12)15(21)22-9-13(19)18-6-4-10(5-7-18)14(17)20/h1-3,8,10H,4-7,9H2,(H2,17,20). The number of piperidine rings is 1. The highest BCUT2D eigenvalue weighted by Crippen LogP contribution is 2.17. The van der Waals surface area contributed by atoms with Gasteiger partial charge in [0.25, 0.3) is 5.91 Å². The van der Waals surface area contributed by atoms with Crippen molar-refractivity contribution in [1.82, 2.24) is 4.90 Å². The average Bonchev–Trinajstić information content (AvgIpc) is 2.52. The highest BCUT2D eigenvalue weighted by Gasteiger charge is 2.26. The van der Waals surface area contributed by atoms with Crippen LogP contribution >= 0.6 is 22.6 Å². The van der Waals surface area contributed by atoms with Gasteiger partial charge >= 0.3 is 5.97 Å². The topological polar surface area (TPSA) is 89.7 Å². The van der Waals surface area contributed by atoms with E-state index in [4.69, 9.17) is 10.5 Å². The van der Waals surface area contributed by atoms with E-state index in [1.54, 1.807) is 23.1 Å². The van der Waals surface area contributed by atoms with Crippen LogP contribution in [0.1, 0.15) is 23.2 Å². The van der Waals surface area contributed by atoms with Gasteiger partial charge in [0.15, 0.2) is 6.61 Å². The van der Waals surface area contributed by atoms with Gasteiger partial charge in [0, 0.05) is 22.6 Å². The Morgan fingerprint density at radius 3 is 2.55 bits per heavy atom. The summed E-state index contributed by atoms with van der Waals surface area (Å²) >= 11 is 2.10. The SMILES string of the molecule is NC(=O)C1CCN(C(=O)COC(=O)c2cccc(I)c2)CC1. The van der Waals surface area contributed by atoms with E-state index in [0.717, 1.165) is 3.57 Å². The highest BCUT2D eigenvalue weighted by atomic mass is 127. The van der Waals surface area contributed by atoms with Gasteiger partial charge in [-0.1, -0.05) is 6.07 Å². The summed E-state index contributed by atoms with van der Waals surface area (Å²) in [7, 11) is 0. The maximum absolute atomic E-state index is 12.0. The molecule has 1 fully saturated rings. The first-order valence-electron chi connectivity index (χ1n) is 6.97. The van der Waals surface area contributed by atoms with Crippen LogP contribution in [0.15, 0.2) is 24.3 Å². The van der Waals surface area contributed by atoms with E-state index in [1.807, 2.05) is 6.07 Å². The van der Waals surface area contributed by atoms with Crippen LogP contribution in [0.4, 0.5) is 0 Å². The molecule has 7 heteroatoms. The Kier molecular flexibility index (Phi) is 5.76. The molecule has 0 saturated carbocycles. The first kappa shape index (κ1) is 16.7. The summed E-state index contributed by atoms with van der Waals surface area (Å²) in [6.07, 6.45) is 1.12. The fourth-order valence-corrected chi connectivity index (χ4v) is 2.87. The Morgan fingerprint density at radius 1 is 1.27 bits per heavy atom. The van der Waals surface area contributed by atoms with Gasteiger partial charge in [0.05, 0.1) is 5.56 Å². The van der Waals surface area contributed by atoms with E-state index in [0.29, 0.717) is 31.5 Å². The lowest BCUT2D eigenvalue weighted by Crippen LogP contribution is -2.43. The van der Waals surface area contributed by atoms with Crippen molar-refractivity contribution in [1.29, 1.82) is 0 Å². The van der Waals surface area contributed by atoms with Gasteiger partial charge in [-0.05, 0) is 53.6 Å². The first-order chi connectivity index (χ1) is 10.5. The molecule has 118 valence electrons. The number of nitrogens with zero attached hydrogens (tertiary/aromatic N) is 1. The zero-order valence-corrected chi connectivity index (χ0v) is 14.1. The van der Waals surface area contributed by atoms with Crippen molar-refractivity contribution in [3.05, 3.63) is 33.4 Å². The van der Waals surface area contributed by atoms with Crippen LogP contribution in [0.2, 0.25) is 0 Å². The molecule has 1 aliphatic heterocycles. The molecule has 0 spiro atoms. The molecule has 1 aromatic rings. The van der Waals surface area contributed by atoms with Gasteiger partial charge in [-0.3, -0.25) is 9.59 Å². The van der Waals surface area contributed by atoms with Crippen molar-refractivity contribution in [2.45, 2.75) is 12.8 Å². The lowest BCUT2D eigenvalue weighted by molar-refractivity contribution is -0.137. The summed E-state index contributed by atoms with van der Waals surface area (Å²) in [6, 6.07) is 6.97. The van der Waals surface area contributed by atoms with E-state index in [2.05, 4.69) is 22.6 Å². The van der Waals surface area contributed by atoms with Crippen molar-refractivity contribution >= 4 is 40.4 Å². The van der Waals surface area contributed by atoms with Crippen molar-refractivity contribution in [2.75, 3.05) is 19.7 Å². The van der Waals surface area contributed by atoms with Gasteiger partial charge in [-0.25, -0.2) is 4.79 Å². The second kappa shape index (κ2) is 7.57. The zero-order valence-electron chi connectivity index (χ0n) is 12.0. The van der Waals surface area contributed by atoms with Crippen LogP contribution in [0, 0.1) is 9.49 Å². The zero-order chi connectivity index (χ0) is 16.1. The van der Waals surface area contributed by atoms with Gasteiger partial charge in [0.1, 0.15) is 0 Å². The van der Waals surface area contributed by atoms with Gasteiger partial charge in [-0.15, -0.1) is 0 Å². The van der Waals surface area contributed by atoms with E-state index in [1.165, 1.54) is 0 Å². The van der Waals surface area contributed by atoms with Crippen LogP contribution in [0.25, 0.3) is 0 Å². The molecule has 0 radical (unpaired) electrons. The molecule has 1 saturated heterocycles. The van der Waals surface area contributed by atoms with E-state index >= 15 is 0 Å². The van der Waals surface area contributed by atoms with Crippen LogP contribution in [0.5, 0.6) is 0 Å². The number of nitrogens with two attached hydrogens (primary N) is 1. The number of hydrogen-bond donors (Lipinski definition) is 1. The molecule has 1 aliphatic rings. The number of primary amides is 1. The lowest BCUT2D eigenvalue weighted by Gasteiger charge is -2.30. The minimum absolute atomic E-state index is 0.169. The fraction of sp³-hybridized carbons (Fsp3) is 0.400. The summed E-state index contributed by atoms with van der Waals surface area (Å²) in [4.78, 5) is 36.6. The molecule has 0 unspecified atom stereocenters. The number of halogens is 1. The van der Waals surface area contributed by atoms with Crippen molar-refractivity contribution in [2.24, 2.45) is 11.7 Å². The Labute approximate surface area is 142 Å². The van der Waals surface area contributed by atoms with E-state index in [9.17, 15) is 14.4 Å². The predicted octanol–water partition coefficient (Wildman–Crippen LogP) is 1.17. The number of amides is 2. The highest BCUT2D eigenvalue weighted by molar-refractivity contribution is 14.1. The molecule has 1 heterocycles. The molecule has 0 atom stereocenters. The molecule has 2 N–H and O–H groups in total. The summed E-state index contributed by atoms with van der Waals surface area (Å²) in [5.41, 5.74) is 5.67. The molecule has 0 aliphatic carbocycles. The number of hydrogen-bond acceptors (Lipinski definition) is 4. The third-order valence-electron chi connectivity index (χ3n) is 3.64. The largest absolute Gasteiger partial charge is 0.452 e. The predicted molar refractivity (Wildman–Crippen MR) is 87.9 cm³/mol. The average molecular weight is 416 g/mol. The number of benzene rings is 1. The number of ether oxygens (including phenoxy) is 1. The summed E-state index contributed by atoms with van der Waals surface area (Å²) in [6.45, 7) is 0.645. The van der Waals surface area contributed by atoms with Gasteiger partial charge < -0.3 is 15.4 Å². The van der Waals surface area contributed by atoms with Crippen LogP contribution < -0.4 is 5.73 Å². The third kappa shape index (κ3) is 4.43. The summed E-state index contributed by atoms with van der Waals surface area (Å²) in [5, 5.41) is 0. The van der Waals surface area contributed by atoms with Gasteiger partial charge in [0.2, 0.25) is 5.91 Å². The molecule has 2 rings (SSSR count). The van der Waals surface area contributed by atoms with Crippen LogP contribution in [-0.4, -0.2) is 42.4 Å². The number of esters is 1. The maximum Gasteiger partial charge on any atom is 0.338 e. The molecule has 22 heavy (non-hydrogen) atoms. The molecule has 6 nitrogen and oxygen atoms in total. The smallest absolute Gasteiger partial charge is 0.338 e. The fourth-order valence-electron chi connectivity index (χ4n) is 2.33.